The maximum Gasteiger partial charge on any atom is 0.335 e. The van der Waals surface area contributed by atoms with Gasteiger partial charge in [-0.1, -0.05) is 54.9 Å². The Morgan fingerprint density at radius 1 is 1.30 bits per heavy atom. The Labute approximate surface area is 139 Å². The molecule has 23 heavy (non-hydrogen) atoms. The molecule has 0 spiro atoms. The number of hydrogen-bond donors (Lipinski definition) is 2. The van der Waals surface area contributed by atoms with E-state index in [1.54, 1.807) is 6.08 Å². The number of esters is 1. The highest BCUT2D eigenvalue weighted by atomic mass is 16.6. The van der Waals surface area contributed by atoms with Crippen molar-refractivity contribution < 1.29 is 19.4 Å². The number of nitrogens with one attached hydrogen (secondary N) is 1. The van der Waals surface area contributed by atoms with Crippen LogP contribution in [0.1, 0.15) is 61.3 Å². The molecule has 5 nitrogen and oxygen atoms in total. The lowest BCUT2D eigenvalue weighted by Crippen LogP contribution is -2.58. The highest BCUT2D eigenvalue weighted by molar-refractivity contribution is 5.95. The van der Waals surface area contributed by atoms with Gasteiger partial charge in [0.25, 0.3) is 5.91 Å². The zero-order valence-electron chi connectivity index (χ0n) is 15.4. The van der Waals surface area contributed by atoms with Crippen molar-refractivity contribution in [3.63, 3.8) is 0 Å². The second-order valence-electron chi connectivity index (χ2n) is 8.29. The van der Waals surface area contributed by atoms with E-state index in [9.17, 15) is 14.7 Å². The normalized spacial score (nSPS) is 23.3. The second kappa shape index (κ2) is 6.63. The molecule has 2 unspecified atom stereocenters. The predicted molar refractivity (Wildman–Crippen MR) is 89.7 cm³/mol. The van der Waals surface area contributed by atoms with Crippen molar-refractivity contribution in [2.45, 2.75) is 73.0 Å². The van der Waals surface area contributed by atoms with Crippen LogP contribution in [0.4, 0.5) is 0 Å². The van der Waals surface area contributed by atoms with Gasteiger partial charge < -0.3 is 15.2 Å². The van der Waals surface area contributed by atoms with Crippen LogP contribution in [0.15, 0.2) is 11.6 Å². The molecule has 2 N–H and O–H groups in total. The molecule has 0 fully saturated rings. The van der Waals surface area contributed by atoms with Crippen molar-refractivity contribution in [2.24, 2.45) is 10.8 Å². The summed E-state index contributed by atoms with van der Waals surface area (Å²) in [5.74, 6) is -0.972. The lowest BCUT2D eigenvalue weighted by atomic mass is 9.71. The number of hydrogen-bond acceptors (Lipinski definition) is 4. The molecule has 1 rings (SSSR count). The summed E-state index contributed by atoms with van der Waals surface area (Å²) >= 11 is 0. The van der Waals surface area contributed by atoms with Gasteiger partial charge in [-0.2, -0.15) is 0 Å². The Bertz CT molecular complexity index is 496. The molecule has 0 aliphatic carbocycles. The Kier molecular flexibility index (Phi) is 5.68. The lowest BCUT2D eigenvalue weighted by molar-refractivity contribution is -0.176. The standard InChI is InChI=1S/C18H31NO4/c1-8-9-10-19-14(21)13(20)18(17(5,6)7)11-12(15(22)23-18)16(2,3)4/h11,13,20H,8-10H2,1-7H3,(H,19,21). The molecule has 1 heterocycles. The third-order valence-corrected chi connectivity index (χ3v) is 4.30. The highest BCUT2D eigenvalue weighted by Crippen LogP contribution is 2.46. The predicted octanol–water partition coefficient (Wildman–Crippen LogP) is 2.58. The average Bonchev–Trinajstić information content (AvgIpc) is 2.76. The zero-order valence-corrected chi connectivity index (χ0v) is 15.4. The highest BCUT2D eigenvalue weighted by Gasteiger charge is 2.57. The van der Waals surface area contributed by atoms with E-state index >= 15 is 0 Å². The molecule has 0 aromatic heterocycles. The first kappa shape index (κ1) is 19.7. The number of cyclic esters (lactones) is 1. The molecule has 2 atom stereocenters. The molecule has 0 aromatic rings. The Balaban J connectivity index is 3.19. The van der Waals surface area contributed by atoms with Gasteiger partial charge in [0.1, 0.15) is 0 Å². The quantitative estimate of drug-likeness (QED) is 0.602. The summed E-state index contributed by atoms with van der Waals surface area (Å²) in [6, 6.07) is 0. The molecule has 5 heteroatoms. The minimum absolute atomic E-state index is 0.414. The van der Waals surface area contributed by atoms with Gasteiger partial charge in [0.05, 0.1) is 0 Å². The minimum Gasteiger partial charge on any atom is -0.447 e. The SMILES string of the molecule is CCCCNC(=O)C(O)C1(C(C)(C)C)C=C(C(C)(C)C)C(=O)O1. The number of aliphatic hydroxyl groups is 1. The third kappa shape index (κ3) is 3.94. The van der Waals surface area contributed by atoms with E-state index in [0.29, 0.717) is 12.1 Å². The largest absolute Gasteiger partial charge is 0.447 e. The van der Waals surface area contributed by atoms with Crippen molar-refractivity contribution in [1.82, 2.24) is 5.32 Å². The lowest BCUT2D eigenvalue weighted by Gasteiger charge is -2.41. The van der Waals surface area contributed by atoms with Gasteiger partial charge in [-0.3, -0.25) is 4.79 Å². The van der Waals surface area contributed by atoms with Crippen molar-refractivity contribution in [1.29, 1.82) is 0 Å². The van der Waals surface area contributed by atoms with Gasteiger partial charge in [0.2, 0.25) is 0 Å². The first-order valence-electron chi connectivity index (χ1n) is 8.29. The van der Waals surface area contributed by atoms with Crippen LogP contribution in [0.3, 0.4) is 0 Å². The third-order valence-electron chi connectivity index (χ3n) is 4.30. The number of rotatable bonds is 5. The number of carbonyl (C=O) groups is 2. The number of ether oxygens (including phenoxy) is 1. The van der Waals surface area contributed by atoms with E-state index in [1.807, 2.05) is 48.5 Å². The summed E-state index contributed by atoms with van der Waals surface area (Å²) in [6.07, 6.45) is 2.00. The molecular weight excluding hydrogens is 294 g/mol. The molecular formula is C18H31NO4. The number of amides is 1. The molecule has 0 radical (unpaired) electrons. The van der Waals surface area contributed by atoms with Crippen LogP contribution in [0, 0.1) is 10.8 Å². The minimum atomic E-state index is -1.44. The Morgan fingerprint density at radius 2 is 1.87 bits per heavy atom. The van der Waals surface area contributed by atoms with Crippen LogP contribution in [0.25, 0.3) is 0 Å². The van der Waals surface area contributed by atoms with Crippen molar-refractivity contribution in [3.8, 4) is 0 Å². The van der Waals surface area contributed by atoms with Crippen molar-refractivity contribution >= 4 is 11.9 Å². The monoisotopic (exact) mass is 325 g/mol. The molecule has 1 amide bonds. The van der Waals surface area contributed by atoms with E-state index in [-0.39, 0.29) is 0 Å². The molecule has 0 saturated heterocycles. The molecule has 0 saturated carbocycles. The topological polar surface area (TPSA) is 75.6 Å². The summed E-state index contributed by atoms with van der Waals surface area (Å²) in [6.45, 7) is 13.8. The fourth-order valence-electron chi connectivity index (χ4n) is 2.63. The number of unbranched alkanes of at least 4 members (excludes halogenated alkanes) is 1. The first-order chi connectivity index (χ1) is 10.4. The van der Waals surface area contributed by atoms with Gasteiger partial charge in [-0.05, 0) is 17.9 Å². The van der Waals surface area contributed by atoms with Gasteiger partial charge in [-0.25, -0.2) is 4.79 Å². The van der Waals surface area contributed by atoms with Crippen molar-refractivity contribution in [3.05, 3.63) is 11.6 Å². The first-order valence-corrected chi connectivity index (χ1v) is 8.29. The number of aliphatic hydroxyl groups excluding tert-OH is 1. The van der Waals surface area contributed by atoms with Gasteiger partial charge in [-0.15, -0.1) is 0 Å². The van der Waals surface area contributed by atoms with Gasteiger partial charge in [0.15, 0.2) is 11.7 Å². The van der Waals surface area contributed by atoms with Crippen LogP contribution in [-0.4, -0.2) is 35.2 Å². The average molecular weight is 325 g/mol. The maximum absolute atomic E-state index is 12.3. The molecule has 0 bridgehead atoms. The summed E-state index contributed by atoms with van der Waals surface area (Å²) < 4.78 is 5.60. The summed E-state index contributed by atoms with van der Waals surface area (Å²) in [4.78, 5) is 24.7. The van der Waals surface area contributed by atoms with Crippen LogP contribution in [-0.2, 0) is 14.3 Å². The van der Waals surface area contributed by atoms with Gasteiger partial charge >= 0.3 is 5.97 Å². The maximum atomic E-state index is 12.3. The Hall–Kier alpha value is -1.36. The fraction of sp³-hybridized carbons (Fsp3) is 0.778. The van der Waals surface area contributed by atoms with E-state index < -0.39 is 34.4 Å². The van der Waals surface area contributed by atoms with Gasteiger partial charge in [0, 0.05) is 17.5 Å². The second-order valence-corrected chi connectivity index (χ2v) is 8.29. The molecule has 132 valence electrons. The molecule has 0 aromatic carbocycles. The van der Waals surface area contributed by atoms with E-state index in [4.69, 9.17) is 4.74 Å². The summed E-state index contributed by atoms with van der Waals surface area (Å²) in [5, 5.41) is 13.4. The van der Waals surface area contributed by atoms with Crippen LogP contribution in [0.2, 0.25) is 0 Å². The summed E-state index contributed by atoms with van der Waals surface area (Å²) in [7, 11) is 0. The Morgan fingerprint density at radius 3 is 2.26 bits per heavy atom. The van der Waals surface area contributed by atoms with E-state index in [2.05, 4.69) is 5.32 Å². The smallest absolute Gasteiger partial charge is 0.335 e. The fourth-order valence-corrected chi connectivity index (χ4v) is 2.63. The van der Waals surface area contributed by atoms with E-state index in [1.165, 1.54) is 0 Å². The summed E-state index contributed by atoms with van der Waals surface area (Å²) in [5.41, 5.74) is -1.91. The van der Waals surface area contributed by atoms with Crippen LogP contribution >= 0.6 is 0 Å². The van der Waals surface area contributed by atoms with Crippen molar-refractivity contribution in [2.75, 3.05) is 6.54 Å². The van der Waals surface area contributed by atoms with Crippen LogP contribution in [0.5, 0.6) is 0 Å². The van der Waals surface area contributed by atoms with Crippen LogP contribution < -0.4 is 5.32 Å². The molecule has 1 aliphatic heterocycles. The molecule has 1 aliphatic rings. The van der Waals surface area contributed by atoms with E-state index in [0.717, 1.165) is 12.8 Å². The number of carbonyl (C=O) groups excluding carboxylic acids is 2. The zero-order chi connectivity index (χ0) is 18.1.